The summed E-state index contributed by atoms with van der Waals surface area (Å²) in [5, 5.41) is 6.70. The molecule has 2 aromatic rings. The highest BCUT2D eigenvalue weighted by Crippen LogP contribution is 2.24. The van der Waals surface area contributed by atoms with Crippen molar-refractivity contribution in [3.05, 3.63) is 29.7 Å². The highest BCUT2D eigenvalue weighted by molar-refractivity contribution is 5.75. The average Bonchev–Trinajstić information content (AvgIpc) is 2.87. The van der Waals surface area contributed by atoms with Crippen LogP contribution in [0.5, 0.6) is 5.75 Å². The number of methoxy groups -OCH3 is 1. The van der Waals surface area contributed by atoms with E-state index in [0.29, 0.717) is 18.3 Å². The fourth-order valence-electron chi connectivity index (χ4n) is 1.75. The third kappa shape index (κ3) is 3.33. The van der Waals surface area contributed by atoms with Crippen molar-refractivity contribution < 1.29 is 14.1 Å². The van der Waals surface area contributed by atoms with Crippen LogP contribution in [0.1, 0.15) is 11.5 Å². The molecular weight excluding hydrogens is 260 g/mol. The van der Waals surface area contributed by atoms with Gasteiger partial charge in [0.15, 0.2) is 0 Å². The molecule has 106 valence electrons. The van der Waals surface area contributed by atoms with E-state index in [9.17, 15) is 4.79 Å². The molecule has 7 nitrogen and oxygen atoms in total. The number of carbonyl (C=O) groups is 1. The summed E-state index contributed by atoms with van der Waals surface area (Å²) < 4.78 is 10.3. The van der Waals surface area contributed by atoms with E-state index in [1.165, 1.54) is 0 Å². The summed E-state index contributed by atoms with van der Waals surface area (Å²) in [6, 6.07) is 5.63. The number of primary amides is 1. The second-order valence-electron chi connectivity index (χ2n) is 4.27. The van der Waals surface area contributed by atoms with Crippen LogP contribution in [0.25, 0.3) is 11.4 Å². The van der Waals surface area contributed by atoms with Crippen molar-refractivity contribution in [2.45, 2.75) is 13.5 Å². The molecule has 0 aliphatic rings. The number of nitrogens with zero attached hydrogens (tertiary/aromatic N) is 2. The summed E-state index contributed by atoms with van der Waals surface area (Å²) in [6.07, 6.45) is 0. The van der Waals surface area contributed by atoms with E-state index in [-0.39, 0.29) is 6.54 Å². The first-order valence-corrected chi connectivity index (χ1v) is 6.06. The zero-order valence-corrected chi connectivity index (χ0v) is 11.3. The number of hydrogen-bond donors (Lipinski definition) is 2. The molecule has 0 saturated carbocycles. The summed E-state index contributed by atoms with van der Waals surface area (Å²) in [4.78, 5) is 14.8. The van der Waals surface area contributed by atoms with Crippen LogP contribution in [-0.2, 0) is 11.3 Å². The highest BCUT2D eigenvalue weighted by atomic mass is 16.5. The van der Waals surface area contributed by atoms with E-state index in [4.69, 9.17) is 15.0 Å². The van der Waals surface area contributed by atoms with Gasteiger partial charge in [-0.25, -0.2) is 0 Å². The maximum atomic E-state index is 10.6. The van der Waals surface area contributed by atoms with Gasteiger partial charge in [0, 0.05) is 5.56 Å². The minimum atomic E-state index is -0.435. The predicted molar refractivity (Wildman–Crippen MR) is 71.9 cm³/mol. The summed E-state index contributed by atoms with van der Waals surface area (Å²) in [5.41, 5.74) is 6.85. The Bertz CT molecular complexity index is 609. The Hall–Kier alpha value is -2.41. The summed E-state index contributed by atoms with van der Waals surface area (Å²) in [5.74, 6) is 1.26. The zero-order chi connectivity index (χ0) is 14.5. The third-order valence-corrected chi connectivity index (χ3v) is 2.70. The van der Waals surface area contributed by atoms with Crippen LogP contribution in [0, 0.1) is 6.92 Å². The number of hydrogen-bond acceptors (Lipinski definition) is 6. The zero-order valence-electron chi connectivity index (χ0n) is 11.3. The molecule has 0 aliphatic carbocycles. The maximum absolute atomic E-state index is 10.6. The van der Waals surface area contributed by atoms with E-state index in [1.807, 2.05) is 25.1 Å². The number of aryl methyl sites for hydroxylation is 1. The second kappa shape index (κ2) is 6.16. The van der Waals surface area contributed by atoms with Crippen LogP contribution in [0.4, 0.5) is 0 Å². The van der Waals surface area contributed by atoms with Gasteiger partial charge in [0.25, 0.3) is 0 Å². The van der Waals surface area contributed by atoms with Gasteiger partial charge >= 0.3 is 0 Å². The number of rotatable bonds is 6. The molecule has 1 aromatic carbocycles. The number of amides is 1. The minimum Gasteiger partial charge on any atom is -0.496 e. The van der Waals surface area contributed by atoms with Crippen LogP contribution in [0.3, 0.4) is 0 Å². The number of nitrogens with one attached hydrogen (secondary N) is 1. The largest absolute Gasteiger partial charge is 0.496 e. The number of ether oxygens (including phenoxy) is 1. The monoisotopic (exact) mass is 276 g/mol. The number of carbonyl (C=O) groups excluding carboxylic acids is 1. The van der Waals surface area contributed by atoms with Gasteiger partial charge in [-0.15, -0.1) is 0 Å². The third-order valence-electron chi connectivity index (χ3n) is 2.70. The lowest BCUT2D eigenvalue weighted by Gasteiger charge is -2.04. The average molecular weight is 276 g/mol. The summed E-state index contributed by atoms with van der Waals surface area (Å²) in [7, 11) is 1.62. The summed E-state index contributed by atoms with van der Waals surface area (Å²) in [6.45, 7) is 2.31. The van der Waals surface area contributed by atoms with Crippen molar-refractivity contribution >= 4 is 5.91 Å². The molecule has 7 heteroatoms. The van der Waals surface area contributed by atoms with Crippen LogP contribution in [0.2, 0.25) is 0 Å². The quantitative estimate of drug-likeness (QED) is 0.802. The smallest absolute Gasteiger partial charge is 0.240 e. The first kappa shape index (κ1) is 14.0. The first-order valence-electron chi connectivity index (χ1n) is 6.06. The van der Waals surface area contributed by atoms with E-state index in [2.05, 4.69) is 15.5 Å². The fourth-order valence-corrected chi connectivity index (χ4v) is 1.75. The van der Waals surface area contributed by atoms with Gasteiger partial charge < -0.3 is 15.0 Å². The van der Waals surface area contributed by atoms with Gasteiger partial charge in [0.2, 0.25) is 17.6 Å². The molecule has 0 aliphatic heterocycles. The van der Waals surface area contributed by atoms with Crippen molar-refractivity contribution in [2.24, 2.45) is 5.73 Å². The van der Waals surface area contributed by atoms with Crippen molar-refractivity contribution in [1.82, 2.24) is 15.5 Å². The minimum absolute atomic E-state index is 0.0688. The highest BCUT2D eigenvalue weighted by Gasteiger charge is 2.10. The molecule has 20 heavy (non-hydrogen) atoms. The Morgan fingerprint density at radius 1 is 1.50 bits per heavy atom. The molecule has 1 heterocycles. The lowest BCUT2D eigenvalue weighted by atomic mass is 10.1. The normalized spacial score (nSPS) is 10.5. The Labute approximate surface area is 116 Å². The standard InChI is InChI=1S/C13H16N4O3/c1-8-5-9(3-4-10(8)19-2)13-16-12(20-17-13)7-15-6-11(14)18/h3-5,15H,6-7H2,1-2H3,(H2,14,18). The SMILES string of the molecule is COc1ccc(-c2noc(CNCC(N)=O)n2)cc1C. The van der Waals surface area contributed by atoms with Crippen LogP contribution in [-0.4, -0.2) is 29.7 Å². The number of nitrogens with two attached hydrogens (primary N) is 1. The van der Waals surface area contributed by atoms with Gasteiger partial charge in [-0.1, -0.05) is 5.16 Å². The van der Waals surface area contributed by atoms with E-state index in [0.717, 1.165) is 16.9 Å². The molecule has 0 unspecified atom stereocenters. The second-order valence-corrected chi connectivity index (χ2v) is 4.27. The van der Waals surface area contributed by atoms with Gasteiger partial charge in [0.1, 0.15) is 5.75 Å². The lowest BCUT2D eigenvalue weighted by Crippen LogP contribution is -2.28. The van der Waals surface area contributed by atoms with Gasteiger partial charge in [-0.05, 0) is 30.7 Å². The Morgan fingerprint density at radius 3 is 2.95 bits per heavy atom. The molecule has 1 aromatic heterocycles. The summed E-state index contributed by atoms with van der Waals surface area (Å²) >= 11 is 0. The van der Waals surface area contributed by atoms with Crippen molar-refractivity contribution in [1.29, 1.82) is 0 Å². The van der Waals surface area contributed by atoms with Gasteiger partial charge in [0.05, 0.1) is 20.2 Å². The van der Waals surface area contributed by atoms with Crippen LogP contribution >= 0.6 is 0 Å². The Balaban J connectivity index is 2.08. The molecule has 0 radical (unpaired) electrons. The first-order chi connectivity index (χ1) is 9.60. The maximum Gasteiger partial charge on any atom is 0.240 e. The topological polar surface area (TPSA) is 103 Å². The van der Waals surface area contributed by atoms with E-state index < -0.39 is 5.91 Å². The molecule has 0 fully saturated rings. The fraction of sp³-hybridized carbons (Fsp3) is 0.308. The Morgan fingerprint density at radius 2 is 2.30 bits per heavy atom. The number of benzene rings is 1. The van der Waals surface area contributed by atoms with E-state index >= 15 is 0 Å². The Kier molecular flexibility index (Phi) is 4.31. The number of aromatic nitrogens is 2. The van der Waals surface area contributed by atoms with E-state index in [1.54, 1.807) is 7.11 Å². The lowest BCUT2D eigenvalue weighted by molar-refractivity contribution is -0.117. The molecule has 0 saturated heterocycles. The van der Waals surface area contributed by atoms with Gasteiger partial charge in [-0.3, -0.25) is 10.1 Å². The van der Waals surface area contributed by atoms with Crippen molar-refractivity contribution in [2.75, 3.05) is 13.7 Å². The van der Waals surface area contributed by atoms with Crippen molar-refractivity contribution in [3.8, 4) is 17.1 Å². The predicted octanol–water partition coefficient (Wildman–Crippen LogP) is 0.629. The molecule has 0 bridgehead atoms. The molecular formula is C13H16N4O3. The molecule has 0 spiro atoms. The molecule has 1 amide bonds. The molecule has 0 atom stereocenters. The van der Waals surface area contributed by atoms with Crippen LogP contribution in [0.15, 0.2) is 22.7 Å². The van der Waals surface area contributed by atoms with Gasteiger partial charge in [-0.2, -0.15) is 4.98 Å². The molecule has 2 rings (SSSR count). The van der Waals surface area contributed by atoms with Crippen LogP contribution < -0.4 is 15.8 Å². The van der Waals surface area contributed by atoms with Crippen molar-refractivity contribution in [3.63, 3.8) is 0 Å². The molecule has 3 N–H and O–H groups in total.